The average molecular weight is 470 g/mol. The molecule has 0 spiro atoms. The van der Waals surface area contributed by atoms with Crippen LogP contribution in [-0.2, 0) is 5.75 Å². The molecule has 0 radical (unpaired) electrons. The Morgan fingerprint density at radius 3 is 2.73 bits per heavy atom. The molecule has 178 valence electrons. The molecule has 0 saturated heterocycles. The largest absolute Gasteiger partial charge is 0.481 e. The summed E-state index contributed by atoms with van der Waals surface area (Å²) in [6.07, 6.45) is 11.4. The summed E-state index contributed by atoms with van der Waals surface area (Å²) in [5, 5.41) is 1.10. The molecule has 1 aliphatic carbocycles. The van der Waals surface area contributed by atoms with Crippen LogP contribution >= 0.6 is 11.9 Å². The maximum atomic E-state index is 5.17. The van der Waals surface area contributed by atoms with Gasteiger partial charge in [0.05, 0.1) is 12.5 Å². The Kier molecular flexibility index (Phi) is 8.41. The molecule has 0 amide bonds. The Bertz CT molecular complexity index is 988. The van der Waals surface area contributed by atoms with Crippen LogP contribution in [0.15, 0.2) is 36.9 Å². The fourth-order valence-corrected chi connectivity index (χ4v) is 5.41. The van der Waals surface area contributed by atoms with Crippen LogP contribution in [0.2, 0.25) is 0 Å². The van der Waals surface area contributed by atoms with Crippen LogP contribution in [-0.4, -0.2) is 57.6 Å². The van der Waals surface area contributed by atoms with E-state index in [1.54, 1.807) is 13.4 Å². The lowest BCUT2D eigenvalue weighted by Crippen LogP contribution is -2.40. The number of pyridine rings is 1. The number of aromatic amines is 1. The number of H-pyrrole nitrogens is 1. The molecule has 1 saturated carbocycles. The van der Waals surface area contributed by atoms with E-state index in [0.29, 0.717) is 17.8 Å². The first-order chi connectivity index (χ1) is 16.2. The fourth-order valence-electron chi connectivity index (χ4n) is 4.43. The summed E-state index contributed by atoms with van der Waals surface area (Å²) in [5.41, 5.74) is 5.72. The second-order valence-electron chi connectivity index (χ2n) is 8.67. The van der Waals surface area contributed by atoms with Gasteiger partial charge < -0.3 is 14.6 Å². The summed E-state index contributed by atoms with van der Waals surface area (Å²) in [5.74, 6) is 3.27. The van der Waals surface area contributed by atoms with E-state index in [0.717, 1.165) is 42.1 Å². The summed E-state index contributed by atoms with van der Waals surface area (Å²) < 4.78 is 7.51. The van der Waals surface area contributed by atoms with Crippen LogP contribution in [0.4, 0.5) is 5.82 Å². The number of aromatic nitrogens is 4. The van der Waals surface area contributed by atoms with Crippen molar-refractivity contribution in [2.45, 2.75) is 50.8 Å². The summed E-state index contributed by atoms with van der Waals surface area (Å²) in [7, 11) is 3.82. The highest BCUT2D eigenvalue weighted by Crippen LogP contribution is 2.32. The number of anilines is 1. The molecule has 3 aromatic heterocycles. The van der Waals surface area contributed by atoms with E-state index >= 15 is 0 Å². The molecule has 0 unspecified atom stereocenters. The molecular formula is C24H35N7OS. The Hall–Kier alpha value is -2.36. The van der Waals surface area contributed by atoms with Gasteiger partial charge in [0, 0.05) is 50.4 Å². The van der Waals surface area contributed by atoms with Gasteiger partial charge in [0.2, 0.25) is 5.88 Å². The third-order valence-electron chi connectivity index (χ3n) is 6.39. The van der Waals surface area contributed by atoms with Gasteiger partial charge in [0.25, 0.3) is 0 Å². The average Bonchev–Trinajstić information content (AvgIpc) is 3.35. The van der Waals surface area contributed by atoms with E-state index in [1.165, 1.54) is 31.2 Å². The molecule has 33 heavy (non-hydrogen) atoms. The quantitative estimate of drug-likeness (QED) is 0.315. The van der Waals surface area contributed by atoms with E-state index < -0.39 is 0 Å². The molecule has 1 fully saturated rings. The maximum Gasteiger partial charge on any atom is 0.212 e. The van der Waals surface area contributed by atoms with Crippen molar-refractivity contribution in [1.82, 2.24) is 29.8 Å². The zero-order valence-corrected chi connectivity index (χ0v) is 20.6. The Labute approximate surface area is 200 Å². The molecule has 0 aliphatic heterocycles. The van der Waals surface area contributed by atoms with Crippen molar-refractivity contribution < 1.29 is 4.74 Å². The molecule has 3 aromatic rings. The fraction of sp³-hybridized carbons (Fsp3) is 0.542. The summed E-state index contributed by atoms with van der Waals surface area (Å²) in [4.78, 5) is 18.8. The molecule has 0 aromatic carbocycles. The Balaban J connectivity index is 1.29. The van der Waals surface area contributed by atoms with Crippen LogP contribution < -0.4 is 15.1 Å². The predicted octanol–water partition coefficient (Wildman–Crippen LogP) is 4.42. The van der Waals surface area contributed by atoms with E-state index in [2.05, 4.69) is 60.8 Å². The minimum Gasteiger partial charge on any atom is -0.481 e. The number of fused-ring (bicyclic) bond motifs is 1. The van der Waals surface area contributed by atoms with Gasteiger partial charge in [-0.15, -0.1) is 0 Å². The molecule has 0 atom stereocenters. The second kappa shape index (κ2) is 11.7. The van der Waals surface area contributed by atoms with Crippen LogP contribution in [0.25, 0.3) is 11.0 Å². The molecule has 0 bridgehead atoms. The van der Waals surface area contributed by atoms with Gasteiger partial charge in [-0.1, -0.05) is 24.9 Å². The second-order valence-corrected chi connectivity index (χ2v) is 9.66. The monoisotopic (exact) mass is 469 g/mol. The molecule has 4 rings (SSSR count). The lowest BCUT2D eigenvalue weighted by atomic mass is 9.85. The van der Waals surface area contributed by atoms with E-state index in [1.807, 2.05) is 30.4 Å². The topological polar surface area (TPSA) is 82.2 Å². The zero-order valence-electron chi connectivity index (χ0n) is 19.8. The number of hydrogen-bond donors (Lipinski definition) is 2. The number of nitrogens with zero attached hydrogens (tertiary/aromatic N) is 5. The summed E-state index contributed by atoms with van der Waals surface area (Å²) in [6, 6.07) is 6.60. The number of nitrogens with one attached hydrogen (secondary N) is 2. The minimum absolute atomic E-state index is 0.518. The SMILES string of the molecule is CCCNN(CC1CCC(N(C)c2ncnc3[nH]ccc23)CC1)SCc1ccc(OC)nc1. The molecule has 8 nitrogen and oxygen atoms in total. The molecule has 9 heteroatoms. The predicted molar refractivity (Wildman–Crippen MR) is 135 cm³/mol. The third-order valence-corrected chi connectivity index (χ3v) is 7.44. The summed E-state index contributed by atoms with van der Waals surface area (Å²) in [6.45, 7) is 4.26. The Morgan fingerprint density at radius 1 is 1.15 bits per heavy atom. The van der Waals surface area contributed by atoms with Crippen LogP contribution in [0.1, 0.15) is 44.6 Å². The molecule has 2 N–H and O–H groups in total. The van der Waals surface area contributed by atoms with Gasteiger partial charge in [-0.05, 0) is 49.7 Å². The highest BCUT2D eigenvalue weighted by Gasteiger charge is 2.27. The van der Waals surface area contributed by atoms with Crippen molar-refractivity contribution >= 4 is 28.8 Å². The van der Waals surface area contributed by atoms with E-state index in [4.69, 9.17) is 4.74 Å². The first kappa shape index (κ1) is 23.8. The van der Waals surface area contributed by atoms with Crippen LogP contribution in [0.3, 0.4) is 0 Å². The smallest absolute Gasteiger partial charge is 0.212 e. The molecule has 1 aliphatic rings. The first-order valence-corrected chi connectivity index (χ1v) is 12.8. The lowest BCUT2D eigenvalue weighted by molar-refractivity contribution is 0.236. The third kappa shape index (κ3) is 6.16. The summed E-state index contributed by atoms with van der Waals surface area (Å²) >= 11 is 1.84. The Morgan fingerprint density at radius 2 is 2.00 bits per heavy atom. The van der Waals surface area contributed by atoms with E-state index in [9.17, 15) is 0 Å². The van der Waals surface area contributed by atoms with Crippen molar-refractivity contribution in [3.05, 3.63) is 42.5 Å². The van der Waals surface area contributed by atoms with Gasteiger partial charge in [0.15, 0.2) is 0 Å². The minimum atomic E-state index is 0.518. The zero-order chi connectivity index (χ0) is 23.0. The maximum absolute atomic E-state index is 5.17. The number of hydrogen-bond acceptors (Lipinski definition) is 8. The molecule has 3 heterocycles. The molecular weight excluding hydrogens is 434 g/mol. The van der Waals surface area contributed by atoms with Crippen molar-refractivity contribution in [2.75, 3.05) is 32.1 Å². The van der Waals surface area contributed by atoms with Crippen molar-refractivity contribution in [1.29, 1.82) is 0 Å². The van der Waals surface area contributed by atoms with Gasteiger partial charge in [-0.25, -0.2) is 20.4 Å². The highest BCUT2D eigenvalue weighted by molar-refractivity contribution is 7.96. The van der Waals surface area contributed by atoms with Gasteiger partial charge >= 0.3 is 0 Å². The van der Waals surface area contributed by atoms with E-state index in [-0.39, 0.29) is 0 Å². The number of rotatable bonds is 11. The standard InChI is InChI=1S/C24H35N7OS/c1-4-12-29-31(33-16-19-7-10-22(32-3)26-14-19)15-18-5-8-20(9-6-18)30(2)24-21-11-13-25-23(21)27-17-28-24/h7,10-11,13-14,17-18,20,29H,4-6,8-9,12,15-16H2,1-3H3,(H,25,27,28). The number of hydrazine groups is 1. The van der Waals surface area contributed by atoms with Gasteiger partial charge in [0.1, 0.15) is 17.8 Å². The number of ether oxygens (including phenoxy) is 1. The normalized spacial score (nSPS) is 18.7. The van der Waals surface area contributed by atoms with Crippen LogP contribution in [0.5, 0.6) is 5.88 Å². The highest BCUT2D eigenvalue weighted by atomic mass is 32.2. The lowest BCUT2D eigenvalue weighted by Gasteiger charge is -2.37. The first-order valence-electron chi connectivity index (χ1n) is 11.8. The van der Waals surface area contributed by atoms with Gasteiger partial charge in [-0.3, -0.25) is 0 Å². The van der Waals surface area contributed by atoms with Crippen molar-refractivity contribution in [3.8, 4) is 5.88 Å². The van der Waals surface area contributed by atoms with Crippen molar-refractivity contribution in [2.24, 2.45) is 5.92 Å². The van der Waals surface area contributed by atoms with Gasteiger partial charge in [-0.2, -0.15) is 4.41 Å². The van der Waals surface area contributed by atoms with Crippen molar-refractivity contribution in [3.63, 3.8) is 0 Å². The number of methoxy groups -OCH3 is 1. The van der Waals surface area contributed by atoms with Crippen LogP contribution in [0, 0.1) is 5.92 Å².